The molecular formula is C32H40FNO6. The number of carboxylic acids is 1. The fourth-order valence-corrected chi connectivity index (χ4v) is 6.63. The Bertz CT molecular complexity index is 1350. The van der Waals surface area contributed by atoms with E-state index < -0.39 is 23.5 Å². The van der Waals surface area contributed by atoms with Gasteiger partial charge in [-0.05, 0) is 112 Å². The lowest BCUT2D eigenvalue weighted by atomic mass is 9.78. The number of fused-ring (bicyclic) bond motifs is 2. The summed E-state index contributed by atoms with van der Waals surface area (Å²) in [6.45, 7) is 13.4. The van der Waals surface area contributed by atoms with Gasteiger partial charge >= 0.3 is 5.97 Å². The van der Waals surface area contributed by atoms with Crippen molar-refractivity contribution in [3.63, 3.8) is 0 Å². The Morgan fingerprint density at radius 3 is 2.42 bits per heavy atom. The molecular weight excluding hydrogens is 513 g/mol. The molecule has 0 aromatic heterocycles. The second kappa shape index (κ2) is 10.8. The summed E-state index contributed by atoms with van der Waals surface area (Å²) >= 11 is 0. The molecule has 1 amide bonds. The molecule has 1 atom stereocenters. The number of rotatable bonds is 5. The third-order valence-electron chi connectivity index (χ3n) is 8.59. The van der Waals surface area contributed by atoms with E-state index in [0.717, 1.165) is 52.6 Å². The van der Waals surface area contributed by atoms with Crippen LogP contribution in [0.1, 0.15) is 85.1 Å². The highest BCUT2D eigenvalue weighted by atomic mass is 19.1. The number of halogens is 1. The van der Waals surface area contributed by atoms with E-state index in [1.165, 1.54) is 6.07 Å². The van der Waals surface area contributed by atoms with Gasteiger partial charge in [0.25, 0.3) is 0 Å². The van der Waals surface area contributed by atoms with Crippen LogP contribution in [0, 0.1) is 26.6 Å². The molecule has 3 heterocycles. The summed E-state index contributed by atoms with van der Waals surface area (Å²) in [5.41, 5.74) is 6.23. The third kappa shape index (κ3) is 5.12. The lowest BCUT2D eigenvalue weighted by Gasteiger charge is -2.40. The van der Waals surface area contributed by atoms with Crippen molar-refractivity contribution in [3.05, 3.63) is 50.8 Å². The minimum atomic E-state index is -1.29. The normalized spacial score (nSPS) is 18.7. The summed E-state index contributed by atoms with van der Waals surface area (Å²) < 4.78 is 33.0. The molecule has 1 saturated heterocycles. The second-order valence-corrected chi connectivity index (χ2v) is 12.3. The summed E-state index contributed by atoms with van der Waals surface area (Å²) in [4.78, 5) is 28.2. The Kier molecular flexibility index (Phi) is 7.70. The average molecular weight is 554 g/mol. The summed E-state index contributed by atoms with van der Waals surface area (Å²) in [6, 6.07) is 1.59. The molecule has 216 valence electrons. The first-order chi connectivity index (χ1) is 18.9. The van der Waals surface area contributed by atoms with E-state index in [1.807, 2.05) is 46.4 Å². The first kappa shape index (κ1) is 28.6. The molecule has 1 N–H and O–H groups in total. The Morgan fingerprint density at radius 2 is 1.77 bits per heavy atom. The highest BCUT2D eigenvalue weighted by Gasteiger charge is 2.38. The van der Waals surface area contributed by atoms with E-state index in [0.29, 0.717) is 55.2 Å². The van der Waals surface area contributed by atoms with Gasteiger partial charge < -0.3 is 24.2 Å². The van der Waals surface area contributed by atoms with Crippen molar-refractivity contribution in [2.24, 2.45) is 0 Å². The zero-order valence-corrected chi connectivity index (χ0v) is 24.4. The number of hydrogen-bond donors (Lipinski definition) is 1. The van der Waals surface area contributed by atoms with Crippen LogP contribution >= 0.6 is 0 Å². The molecule has 0 unspecified atom stereocenters. The molecule has 0 radical (unpaired) electrons. The van der Waals surface area contributed by atoms with Gasteiger partial charge in [0, 0.05) is 36.9 Å². The topological polar surface area (TPSA) is 85.3 Å². The molecule has 2 aromatic rings. The van der Waals surface area contributed by atoms with Crippen LogP contribution < -0.4 is 4.74 Å². The van der Waals surface area contributed by atoms with Crippen LogP contribution in [0.4, 0.5) is 4.39 Å². The number of nitrogens with zero attached hydrogens (tertiary/aromatic N) is 1. The maximum Gasteiger partial charge on any atom is 0.337 e. The number of hydrogen-bond acceptors (Lipinski definition) is 5. The van der Waals surface area contributed by atoms with Crippen molar-refractivity contribution < 1.29 is 33.3 Å². The van der Waals surface area contributed by atoms with Gasteiger partial charge in [0.1, 0.15) is 0 Å². The monoisotopic (exact) mass is 553 g/mol. The number of carbonyl (C=O) groups is 2. The minimum Gasteiger partial charge on any atom is -0.490 e. The van der Waals surface area contributed by atoms with Gasteiger partial charge in [-0.3, -0.25) is 4.79 Å². The molecule has 2 aromatic carbocycles. The molecule has 3 aliphatic heterocycles. The first-order valence-corrected chi connectivity index (χ1v) is 14.3. The maximum absolute atomic E-state index is 15.6. The molecule has 0 spiro atoms. The lowest BCUT2D eigenvalue weighted by molar-refractivity contribution is -0.160. The molecule has 7 nitrogen and oxygen atoms in total. The van der Waals surface area contributed by atoms with E-state index in [9.17, 15) is 14.7 Å². The van der Waals surface area contributed by atoms with Crippen LogP contribution in [0.5, 0.6) is 5.75 Å². The largest absolute Gasteiger partial charge is 0.490 e. The molecule has 5 rings (SSSR count). The number of ether oxygens (including phenoxy) is 3. The Labute approximate surface area is 235 Å². The zero-order valence-electron chi connectivity index (χ0n) is 24.4. The molecule has 40 heavy (non-hydrogen) atoms. The second-order valence-electron chi connectivity index (χ2n) is 12.3. The van der Waals surface area contributed by atoms with E-state index in [4.69, 9.17) is 14.2 Å². The fourth-order valence-electron chi connectivity index (χ4n) is 6.63. The predicted molar refractivity (Wildman–Crippen MR) is 149 cm³/mol. The quantitative estimate of drug-likeness (QED) is 0.508. The van der Waals surface area contributed by atoms with E-state index in [2.05, 4.69) is 0 Å². The van der Waals surface area contributed by atoms with E-state index in [1.54, 1.807) is 0 Å². The molecule has 1 fully saturated rings. The van der Waals surface area contributed by atoms with Gasteiger partial charge in [0.05, 0.1) is 18.6 Å². The smallest absolute Gasteiger partial charge is 0.337 e. The Morgan fingerprint density at radius 1 is 1.07 bits per heavy atom. The van der Waals surface area contributed by atoms with Crippen molar-refractivity contribution in [2.75, 3.05) is 19.8 Å². The summed E-state index contributed by atoms with van der Waals surface area (Å²) in [5, 5.41) is 10.5. The standard InChI is InChI=1S/C32H40FNO6/c1-17-21-8-7-11-39-29(21)25(33)14-23(17)27-19(3)24-16-34(20-9-12-38-13-10-20)26(35)15-22(24)18(2)28(27)30(31(36)37)40-32(4,5)6/h14,20,30H,7-13,15-16H2,1-6H3,(H,36,37)/t30-/m0/s1. The van der Waals surface area contributed by atoms with Gasteiger partial charge in [-0.2, -0.15) is 0 Å². The highest BCUT2D eigenvalue weighted by Crippen LogP contribution is 2.46. The summed E-state index contributed by atoms with van der Waals surface area (Å²) in [5.74, 6) is -1.24. The SMILES string of the molecule is Cc1c(-c2c(C)c3c(c(C)c2[C@H](OC(C)(C)C)C(=O)O)CC(=O)N(C2CCOCC2)C3)cc(F)c2c1CCCO2. The molecule has 3 aliphatic rings. The van der Waals surface area contributed by atoms with Gasteiger partial charge in [0.2, 0.25) is 5.91 Å². The molecule has 0 bridgehead atoms. The fraction of sp³-hybridized carbons (Fsp3) is 0.562. The highest BCUT2D eigenvalue weighted by molar-refractivity contribution is 5.89. The van der Waals surface area contributed by atoms with Crippen molar-refractivity contribution in [3.8, 4) is 16.9 Å². The number of benzene rings is 2. The van der Waals surface area contributed by atoms with Crippen LogP contribution in [-0.2, 0) is 38.4 Å². The Hall–Kier alpha value is -2.97. The van der Waals surface area contributed by atoms with Gasteiger partial charge in [0.15, 0.2) is 17.7 Å². The van der Waals surface area contributed by atoms with Crippen molar-refractivity contribution in [1.29, 1.82) is 0 Å². The summed E-state index contributed by atoms with van der Waals surface area (Å²) in [7, 11) is 0. The van der Waals surface area contributed by atoms with Crippen molar-refractivity contribution in [1.82, 2.24) is 4.90 Å². The van der Waals surface area contributed by atoms with E-state index >= 15 is 4.39 Å². The van der Waals surface area contributed by atoms with Gasteiger partial charge in [-0.25, -0.2) is 9.18 Å². The first-order valence-electron chi connectivity index (χ1n) is 14.3. The third-order valence-corrected chi connectivity index (χ3v) is 8.59. The maximum atomic E-state index is 15.6. The van der Waals surface area contributed by atoms with Crippen LogP contribution in [0.2, 0.25) is 0 Å². The number of carboxylic acid groups (broad SMARTS) is 1. The number of aliphatic carboxylic acids is 1. The lowest BCUT2D eigenvalue weighted by Crippen LogP contribution is -2.46. The van der Waals surface area contributed by atoms with Crippen LogP contribution in [-0.4, -0.2) is 53.3 Å². The van der Waals surface area contributed by atoms with Crippen molar-refractivity contribution >= 4 is 11.9 Å². The van der Waals surface area contributed by atoms with Crippen molar-refractivity contribution in [2.45, 2.75) is 97.9 Å². The molecule has 0 saturated carbocycles. The number of amides is 1. The van der Waals surface area contributed by atoms with Gasteiger partial charge in [-0.1, -0.05) is 0 Å². The minimum absolute atomic E-state index is 0.0392. The van der Waals surface area contributed by atoms with Crippen LogP contribution in [0.25, 0.3) is 11.1 Å². The van der Waals surface area contributed by atoms with Crippen LogP contribution in [0.15, 0.2) is 6.07 Å². The zero-order chi connectivity index (χ0) is 28.9. The molecule has 8 heteroatoms. The summed E-state index contributed by atoms with van der Waals surface area (Å²) in [6.07, 6.45) is 1.97. The van der Waals surface area contributed by atoms with E-state index in [-0.39, 0.29) is 18.4 Å². The average Bonchev–Trinajstić information content (AvgIpc) is 2.91. The van der Waals surface area contributed by atoms with Gasteiger partial charge in [-0.15, -0.1) is 0 Å². The molecule has 0 aliphatic carbocycles. The van der Waals surface area contributed by atoms with Crippen LogP contribution in [0.3, 0.4) is 0 Å². The predicted octanol–water partition coefficient (Wildman–Crippen LogP) is 5.75. The number of carbonyl (C=O) groups excluding carboxylic acids is 1. The Balaban J connectivity index is 1.77.